The molecule has 1 unspecified atom stereocenters. The number of aryl methyl sites for hydroxylation is 2. The highest BCUT2D eigenvalue weighted by molar-refractivity contribution is 8.19. The summed E-state index contributed by atoms with van der Waals surface area (Å²) in [7, 11) is 0. The third kappa shape index (κ3) is 4.24. The van der Waals surface area contributed by atoms with Gasteiger partial charge in [-0.1, -0.05) is 30.3 Å². The number of benzene rings is 2. The Kier molecular flexibility index (Phi) is 5.94. The van der Waals surface area contributed by atoms with Gasteiger partial charge in [0.25, 0.3) is 5.91 Å². The van der Waals surface area contributed by atoms with E-state index in [1.807, 2.05) is 61.6 Å². The molecule has 3 rings (SSSR count). The molecule has 136 valence electrons. The van der Waals surface area contributed by atoms with Gasteiger partial charge in [0, 0.05) is 17.1 Å². The molecule has 1 saturated heterocycles. The van der Waals surface area contributed by atoms with Crippen LogP contribution in [0.15, 0.2) is 42.5 Å². The van der Waals surface area contributed by atoms with E-state index in [1.165, 1.54) is 5.56 Å². The second kappa shape index (κ2) is 8.18. The molecule has 0 spiro atoms. The van der Waals surface area contributed by atoms with Gasteiger partial charge in [-0.3, -0.25) is 4.79 Å². The Morgan fingerprint density at radius 2 is 1.69 bits per heavy atom. The van der Waals surface area contributed by atoms with Crippen molar-refractivity contribution in [1.82, 2.24) is 5.32 Å². The van der Waals surface area contributed by atoms with Crippen LogP contribution >= 0.6 is 23.5 Å². The van der Waals surface area contributed by atoms with Crippen LogP contribution in [0.1, 0.15) is 43.2 Å². The summed E-state index contributed by atoms with van der Waals surface area (Å²) in [5, 5.41) is 12.2. The number of carbonyl (C=O) groups is 2. The molecule has 1 atom stereocenters. The zero-order valence-corrected chi connectivity index (χ0v) is 16.3. The normalized spacial score (nSPS) is 15.6. The molecule has 1 heterocycles. The molecule has 1 amide bonds. The maximum absolute atomic E-state index is 12.5. The third-order valence-corrected chi connectivity index (χ3v) is 7.56. The predicted molar refractivity (Wildman–Crippen MR) is 108 cm³/mol. The average Bonchev–Trinajstić information content (AvgIpc) is 3.16. The number of aliphatic carboxylic acids is 1. The fourth-order valence-electron chi connectivity index (χ4n) is 2.79. The van der Waals surface area contributed by atoms with Crippen LogP contribution in [-0.4, -0.2) is 28.5 Å². The largest absolute Gasteiger partial charge is 0.479 e. The number of thioether (sulfide) groups is 2. The van der Waals surface area contributed by atoms with E-state index in [9.17, 15) is 14.7 Å². The molecule has 0 radical (unpaired) electrons. The zero-order chi connectivity index (χ0) is 18.7. The van der Waals surface area contributed by atoms with Gasteiger partial charge in [0.2, 0.25) is 0 Å². The summed E-state index contributed by atoms with van der Waals surface area (Å²) in [6, 6.07) is 11.8. The molecule has 0 aromatic heterocycles. The van der Waals surface area contributed by atoms with Crippen molar-refractivity contribution in [3.63, 3.8) is 0 Å². The standard InChI is InChI=1S/C20H21NO3S2/c1-12-3-4-16(11-13(12)2)17(19(23)24)21-18(22)14-5-7-15(8-6-14)20-25-9-10-26-20/h3-8,11,17,20H,9-10H2,1-2H3,(H,21,22)(H,23,24). The van der Waals surface area contributed by atoms with Gasteiger partial charge in [-0.25, -0.2) is 4.79 Å². The minimum atomic E-state index is -1.07. The molecule has 1 aliphatic heterocycles. The highest BCUT2D eigenvalue weighted by Gasteiger charge is 2.24. The van der Waals surface area contributed by atoms with Crippen LogP contribution in [0.5, 0.6) is 0 Å². The van der Waals surface area contributed by atoms with Crippen LogP contribution in [0.4, 0.5) is 0 Å². The van der Waals surface area contributed by atoms with Crippen LogP contribution in [0.2, 0.25) is 0 Å². The van der Waals surface area contributed by atoms with Crippen LogP contribution in [-0.2, 0) is 4.79 Å². The number of rotatable bonds is 5. The number of amides is 1. The molecule has 0 aliphatic carbocycles. The van der Waals surface area contributed by atoms with Crippen LogP contribution in [0.25, 0.3) is 0 Å². The molecule has 0 saturated carbocycles. The lowest BCUT2D eigenvalue weighted by Crippen LogP contribution is -2.33. The average molecular weight is 388 g/mol. The second-order valence-corrected chi connectivity index (χ2v) is 9.01. The number of hydrogen-bond donors (Lipinski definition) is 2. The van der Waals surface area contributed by atoms with Crippen molar-refractivity contribution in [2.45, 2.75) is 24.5 Å². The van der Waals surface area contributed by atoms with E-state index in [0.29, 0.717) is 15.7 Å². The lowest BCUT2D eigenvalue weighted by molar-refractivity contribution is -0.139. The number of carboxylic acid groups (broad SMARTS) is 1. The molecule has 4 nitrogen and oxygen atoms in total. The fraction of sp³-hybridized carbons (Fsp3) is 0.300. The van der Waals surface area contributed by atoms with Gasteiger partial charge in [0.1, 0.15) is 0 Å². The van der Waals surface area contributed by atoms with Gasteiger partial charge in [0.15, 0.2) is 6.04 Å². The zero-order valence-electron chi connectivity index (χ0n) is 14.7. The minimum absolute atomic E-state index is 0.381. The van der Waals surface area contributed by atoms with Gasteiger partial charge >= 0.3 is 5.97 Å². The summed E-state index contributed by atoms with van der Waals surface area (Å²) in [5.41, 5.74) is 4.32. The van der Waals surface area contributed by atoms with E-state index in [4.69, 9.17) is 0 Å². The maximum atomic E-state index is 12.5. The molecule has 2 aromatic carbocycles. The molecule has 0 bridgehead atoms. The topological polar surface area (TPSA) is 66.4 Å². The lowest BCUT2D eigenvalue weighted by atomic mass is 10.0. The second-order valence-electron chi connectivity index (χ2n) is 6.28. The number of carboxylic acids is 1. The Hall–Kier alpha value is -1.92. The van der Waals surface area contributed by atoms with Crippen molar-refractivity contribution in [2.75, 3.05) is 11.5 Å². The summed E-state index contributed by atoms with van der Waals surface area (Å²) < 4.78 is 0.425. The van der Waals surface area contributed by atoms with E-state index in [0.717, 1.165) is 22.6 Å². The molecule has 6 heteroatoms. The summed E-state index contributed by atoms with van der Waals surface area (Å²) in [4.78, 5) is 24.2. The first kappa shape index (κ1) is 18.9. The smallest absolute Gasteiger partial charge is 0.330 e. The van der Waals surface area contributed by atoms with Crippen molar-refractivity contribution in [2.24, 2.45) is 0 Å². The van der Waals surface area contributed by atoms with Crippen LogP contribution in [0.3, 0.4) is 0 Å². The Morgan fingerprint density at radius 3 is 2.27 bits per heavy atom. The van der Waals surface area contributed by atoms with Crippen molar-refractivity contribution in [1.29, 1.82) is 0 Å². The van der Waals surface area contributed by atoms with Crippen molar-refractivity contribution in [3.8, 4) is 0 Å². The van der Waals surface area contributed by atoms with E-state index < -0.39 is 12.0 Å². The van der Waals surface area contributed by atoms with Crippen molar-refractivity contribution in [3.05, 3.63) is 70.3 Å². The minimum Gasteiger partial charge on any atom is -0.479 e. The molecule has 2 aromatic rings. The Bertz CT molecular complexity index is 814. The first-order valence-electron chi connectivity index (χ1n) is 8.39. The summed E-state index contributed by atoms with van der Waals surface area (Å²) in [6.07, 6.45) is 0. The highest BCUT2D eigenvalue weighted by Crippen LogP contribution is 2.45. The van der Waals surface area contributed by atoms with Gasteiger partial charge in [-0.2, -0.15) is 0 Å². The fourth-order valence-corrected chi connectivity index (χ4v) is 5.65. The van der Waals surface area contributed by atoms with Gasteiger partial charge in [-0.15, -0.1) is 23.5 Å². The molecule has 1 aliphatic rings. The molecular formula is C20H21NO3S2. The Labute approximate surface area is 161 Å². The molecular weight excluding hydrogens is 366 g/mol. The van der Waals surface area contributed by atoms with Gasteiger partial charge in [-0.05, 0) is 48.2 Å². The molecule has 26 heavy (non-hydrogen) atoms. The lowest BCUT2D eigenvalue weighted by Gasteiger charge is -2.16. The monoisotopic (exact) mass is 387 g/mol. The first-order valence-corrected chi connectivity index (χ1v) is 10.5. The number of hydrogen-bond acceptors (Lipinski definition) is 4. The molecule has 1 fully saturated rings. The maximum Gasteiger partial charge on any atom is 0.330 e. The summed E-state index contributed by atoms with van der Waals surface area (Å²) in [6.45, 7) is 3.90. The first-order chi connectivity index (χ1) is 12.5. The summed E-state index contributed by atoms with van der Waals surface area (Å²) in [5.74, 6) is 0.840. The molecule has 2 N–H and O–H groups in total. The Balaban J connectivity index is 1.75. The number of carbonyl (C=O) groups excluding carboxylic acids is 1. The number of nitrogens with one attached hydrogen (secondary N) is 1. The van der Waals surface area contributed by atoms with E-state index in [-0.39, 0.29) is 5.91 Å². The quantitative estimate of drug-likeness (QED) is 0.799. The highest BCUT2D eigenvalue weighted by atomic mass is 32.2. The van der Waals surface area contributed by atoms with E-state index in [1.54, 1.807) is 18.2 Å². The Morgan fingerprint density at radius 1 is 1.04 bits per heavy atom. The SMILES string of the molecule is Cc1ccc(C(NC(=O)c2ccc(C3SCCS3)cc2)C(=O)O)cc1C. The van der Waals surface area contributed by atoms with Gasteiger partial charge in [0.05, 0.1) is 4.58 Å². The van der Waals surface area contributed by atoms with Gasteiger partial charge < -0.3 is 10.4 Å². The van der Waals surface area contributed by atoms with Crippen molar-refractivity contribution >= 4 is 35.4 Å². The summed E-state index contributed by atoms with van der Waals surface area (Å²) >= 11 is 3.82. The third-order valence-electron chi connectivity index (χ3n) is 4.45. The van der Waals surface area contributed by atoms with E-state index in [2.05, 4.69) is 5.32 Å². The van der Waals surface area contributed by atoms with E-state index >= 15 is 0 Å². The van der Waals surface area contributed by atoms with Crippen LogP contribution < -0.4 is 5.32 Å². The van der Waals surface area contributed by atoms with Crippen LogP contribution in [0, 0.1) is 13.8 Å². The predicted octanol–water partition coefficient (Wildman–Crippen LogP) is 4.34. The van der Waals surface area contributed by atoms with Crippen molar-refractivity contribution < 1.29 is 14.7 Å².